The number of methoxy groups -OCH3 is 1. The Bertz CT molecular complexity index is 982. The standard InChI is InChI=1S/C21H28N2O3S2/c1-12(2)10-23-19(25)17-14-8-7-13(21(3,4)5)9-15(14)28-18(17)22-20(23)27-11-16(24)26-6/h13H,1,7-11H2,2-6H3. The number of aryl methyl sites for hydroxylation is 1. The van der Waals surface area contributed by atoms with E-state index in [0.29, 0.717) is 17.6 Å². The lowest BCUT2D eigenvalue weighted by atomic mass is 9.72. The summed E-state index contributed by atoms with van der Waals surface area (Å²) in [7, 11) is 1.36. The molecule has 7 heteroatoms. The van der Waals surface area contributed by atoms with Crippen molar-refractivity contribution >= 4 is 39.3 Å². The molecule has 2 heterocycles. The minimum Gasteiger partial charge on any atom is -0.468 e. The number of esters is 1. The molecule has 1 atom stereocenters. The van der Waals surface area contributed by atoms with E-state index >= 15 is 0 Å². The fourth-order valence-electron chi connectivity index (χ4n) is 3.68. The van der Waals surface area contributed by atoms with Crippen molar-refractivity contribution in [3.05, 3.63) is 32.9 Å². The van der Waals surface area contributed by atoms with Crippen LogP contribution in [0.1, 0.15) is 44.6 Å². The van der Waals surface area contributed by atoms with Gasteiger partial charge in [-0.1, -0.05) is 44.7 Å². The molecule has 5 nitrogen and oxygen atoms in total. The van der Waals surface area contributed by atoms with Gasteiger partial charge in [-0.05, 0) is 43.1 Å². The number of thioether (sulfide) groups is 1. The number of carbonyl (C=O) groups excluding carboxylic acids is 1. The molecule has 2 aromatic heterocycles. The number of allylic oxidation sites excluding steroid dienone is 1. The molecule has 0 amide bonds. The highest BCUT2D eigenvalue weighted by atomic mass is 32.2. The van der Waals surface area contributed by atoms with E-state index in [1.54, 1.807) is 15.9 Å². The van der Waals surface area contributed by atoms with Crippen molar-refractivity contribution in [1.29, 1.82) is 0 Å². The molecule has 0 aliphatic heterocycles. The van der Waals surface area contributed by atoms with Crippen LogP contribution in [-0.2, 0) is 28.9 Å². The van der Waals surface area contributed by atoms with Crippen LogP contribution in [0.4, 0.5) is 0 Å². The monoisotopic (exact) mass is 420 g/mol. The topological polar surface area (TPSA) is 61.2 Å². The zero-order valence-electron chi connectivity index (χ0n) is 17.3. The molecule has 1 aliphatic rings. The van der Waals surface area contributed by atoms with Gasteiger partial charge in [-0.15, -0.1) is 11.3 Å². The molecule has 0 bridgehead atoms. The second-order valence-electron chi connectivity index (χ2n) is 8.60. The molecular weight excluding hydrogens is 392 g/mol. The number of carbonyl (C=O) groups is 1. The highest BCUT2D eigenvalue weighted by Crippen LogP contribution is 2.42. The molecule has 0 N–H and O–H groups in total. The fourth-order valence-corrected chi connectivity index (χ4v) is 5.85. The molecule has 2 aromatic rings. The van der Waals surface area contributed by atoms with Gasteiger partial charge in [0, 0.05) is 11.4 Å². The van der Waals surface area contributed by atoms with Crippen LogP contribution in [0, 0.1) is 11.3 Å². The van der Waals surface area contributed by atoms with Crippen molar-refractivity contribution in [2.75, 3.05) is 12.9 Å². The maximum Gasteiger partial charge on any atom is 0.316 e. The molecule has 1 unspecified atom stereocenters. The second-order valence-corrected chi connectivity index (χ2v) is 10.6. The average molecular weight is 421 g/mol. The first-order valence-corrected chi connectivity index (χ1v) is 11.3. The van der Waals surface area contributed by atoms with Crippen LogP contribution in [0.2, 0.25) is 0 Å². The number of aromatic nitrogens is 2. The van der Waals surface area contributed by atoms with Gasteiger partial charge in [0.05, 0.1) is 18.2 Å². The van der Waals surface area contributed by atoms with Gasteiger partial charge in [0.1, 0.15) is 4.83 Å². The van der Waals surface area contributed by atoms with Gasteiger partial charge in [-0.25, -0.2) is 4.98 Å². The number of fused-ring (bicyclic) bond motifs is 3. The Labute approximate surface area is 174 Å². The highest BCUT2D eigenvalue weighted by Gasteiger charge is 2.32. The normalized spacial score (nSPS) is 16.8. The Kier molecular flexibility index (Phi) is 6.05. The predicted molar refractivity (Wildman–Crippen MR) is 116 cm³/mol. The van der Waals surface area contributed by atoms with Crippen molar-refractivity contribution in [1.82, 2.24) is 9.55 Å². The second kappa shape index (κ2) is 8.03. The molecule has 3 rings (SSSR count). The van der Waals surface area contributed by atoms with E-state index in [1.807, 2.05) is 6.92 Å². The number of rotatable bonds is 5. The van der Waals surface area contributed by atoms with Gasteiger partial charge in [0.25, 0.3) is 5.56 Å². The summed E-state index contributed by atoms with van der Waals surface area (Å²) in [5.41, 5.74) is 2.29. The van der Waals surface area contributed by atoms with Crippen LogP contribution in [-0.4, -0.2) is 28.4 Å². The maximum absolute atomic E-state index is 13.4. The first kappa shape index (κ1) is 21.1. The van der Waals surface area contributed by atoms with E-state index in [4.69, 9.17) is 9.72 Å². The van der Waals surface area contributed by atoms with Gasteiger partial charge in [0.15, 0.2) is 5.16 Å². The van der Waals surface area contributed by atoms with Gasteiger partial charge in [-0.2, -0.15) is 0 Å². The average Bonchev–Trinajstić information content (AvgIpc) is 2.98. The molecule has 0 aromatic carbocycles. The predicted octanol–water partition coefficient (Wildman–Crippen LogP) is 4.45. The third-order valence-electron chi connectivity index (χ3n) is 5.33. The summed E-state index contributed by atoms with van der Waals surface area (Å²) in [6.07, 6.45) is 3.03. The number of thiophene rings is 1. The Morgan fingerprint density at radius 1 is 1.43 bits per heavy atom. The number of hydrogen-bond donors (Lipinski definition) is 0. The summed E-state index contributed by atoms with van der Waals surface area (Å²) in [4.78, 5) is 31.8. The lowest BCUT2D eigenvalue weighted by Gasteiger charge is -2.33. The van der Waals surface area contributed by atoms with Crippen LogP contribution in [0.5, 0.6) is 0 Å². The molecule has 1 aliphatic carbocycles. The molecular formula is C21H28N2O3S2. The summed E-state index contributed by atoms with van der Waals surface area (Å²) in [6.45, 7) is 13.1. The number of nitrogens with zero attached hydrogens (tertiary/aromatic N) is 2. The van der Waals surface area contributed by atoms with Gasteiger partial charge >= 0.3 is 5.97 Å². The summed E-state index contributed by atoms with van der Waals surface area (Å²) in [6, 6.07) is 0. The molecule has 0 spiro atoms. The molecule has 0 fully saturated rings. The molecule has 0 saturated carbocycles. The zero-order chi connectivity index (χ0) is 20.6. The van der Waals surface area contributed by atoms with Crippen molar-refractivity contribution in [2.24, 2.45) is 11.3 Å². The van der Waals surface area contributed by atoms with Crippen molar-refractivity contribution in [3.63, 3.8) is 0 Å². The van der Waals surface area contributed by atoms with Crippen LogP contribution < -0.4 is 5.56 Å². The van der Waals surface area contributed by atoms with Gasteiger partial charge < -0.3 is 4.74 Å². The van der Waals surface area contributed by atoms with E-state index in [-0.39, 0.29) is 22.7 Å². The highest BCUT2D eigenvalue weighted by molar-refractivity contribution is 7.99. The zero-order valence-corrected chi connectivity index (χ0v) is 18.9. The first-order chi connectivity index (χ1) is 13.1. The number of hydrogen-bond acceptors (Lipinski definition) is 6. The summed E-state index contributed by atoms with van der Waals surface area (Å²) in [5.74, 6) is 0.403. The van der Waals surface area contributed by atoms with Crippen molar-refractivity contribution < 1.29 is 9.53 Å². The maximum atomic E-state index is 13.4. The van der Waals surface area contributed by atoms with E-state index in [9.17, 15) is 9.59 Å². The Morgan fingerprint density at radius 2 is 2.14 bits per heavy atom. The first-order valence-electron chi connectivity index (χ1n) is 9.51. The van der Waals surface area contributed by atoms with E-state index in [1.165, 1.54) is 29.3 Å². The summed E-state index contributed by atoms with van der Waals surface area (Å²) < 4.78 is 6.38. The van der Waals surface area contributed by atoms with Gasteiger partial charge in [0.2, 0.25) is 0 Å². The molecule has 0 saturated heterocycles. The molecule has 28 heavy (non-hydrogen) atoms. The van der Waals surface area contributed by atoms with Crippen LogP contribution in [0.25, 0.3) is 10.2 Å². The van der Waals surface area contributed by atoms with Crippen LogP contribution in [0.15, 0.2) is 22.1 Å². The Balaban J connectivity index is 2.09. The van der Waals surface area contributed by atoms with Crippen molar-refractivity contribution in [3.8, 4) is 0 Å². The minimum absolute atomic E-state index is 0.0212. The lowest BCUT2D eigenvalue weighted by molar-refractivity contribution is -0.137. The number of ether oxygens (including phenoxy) is 1. The van der Waals surface area contributed by atoms with E-state index in [2.05, 4.69) is 27.4 Å². The third-order valence-corrected chi connectivity index (χ3v) is 7.43. The Morgan fingerprint density at radius 3 is 2.75 bits per heavy atom. The van der Waals surface area contributed by atoms with Crippen LogP contribution in [0.3, 0.4) is 0 Å². The van der Waals surface area contributed by atoms with Crippen LogP contribution >= 0.6 is 23.1 Å². The van der Waals surface area contributed by atoms with E-state index < -0.39 is 0 Å². The molecule has 0 radical (unpaired) electrons. The van der Waals surface area contributed by atoms with E-state index in [0.717, 1.165) is 35.1 Å². The fraction of sp³-hybridized carbons (Fsp3) is 0.571. The largest absolute Gasteiger partial charge is 0.468 e. The quantitative estimate of drug-likeness (QED) is 0.309. The SMILES string of the molecule is C=C(C)Cn1c(SCC(=O)OC)nc2sc3c(c2c1=O)CCC(C(C)(C)C)C3. The third kappa shape index (κ3) is 4.20. The Hall–Kier alpha value is -1.60. The smallest absolute Gasteiger partial charge is 0.316 e. The summed E-state index contributed by atoms with van der Waals surface area (Å²) >= 11 is 2.88. The van der Waals surface area contributed by atoms with Gasteiger partial charge in [-0.3, -0.25) is 14.2 Å². The molecule has 152 valence electrons. The van der Waals surface area contributed by atoms with Crippen molar-refractivity contribution in [2.45, 2.75) is 58.7 Å². The summed E-state index contributed by atoms with van der Waals surface area (Å²) in [5, 5.41) is 1.31. The lowest BCUT2D eigenvalue weighted by Crippen LogP contribution is -2.27. The minimum atomic E-state index is -0.334.